The van der Waals surface area contributed by atoms with E-state index in [2.05, 4.69) is 65.0 Å². The van der Waals surface area contributed by atoms with Gasteiger partial charge in [0, 0.05) is 0 Å². The molecule has 1 aliphatic rings. The Morgan fingerprint density at radius 2 is 1.43 bits per heavy atom. The second-order valence-electron chi connectivity index (χ2n) is 11.3. The monoisotopic (exact) mass is 472 g/mol. The molecule has 1 aliphatic carbocycles. The van der Waals surface area contributed by atoms with Crippen LogP contribution in [0.15, 0.2) is 48.5 Å². The molecule has 0 bridgehead atoms. The number of ether oxygens (including phenoxy) is 2. The van der Waals surface area contributed by atoms with Crippen LogP contribution in [0.1, 0.15) is 94.6 Å². The lowest BCUT2D eigenvalue weighted by molar-refractivity contribution is 0.0596. The third-order valence-corrected chi connectivity index (χ3v) is 7.79. The minimum atomic E-state index is -0.366. The van der Waals surface area contributed by atoms with Gasteiger partial charge in [-0.1, -0.05) is 84.2 Å². The Morgan fingerprint density at radius 1 is 0.800 bits per heavy atom. The predicted octanol–water partition coefficient (Wildman–Crippen LogP) is 8.60. The smallest absolute Gasteiger partial charge is 0.341 e. The van der Waals surface area contributed by atoms with Crippen molar-refractivity contribution in [2.24, 2.45) is 0 Å². The Hall–Kier alpha value is -2.81. The fourth-order valence-corrected chi connectivity index (χ4v) is 5.30. The highest BCUT2D eigenvalue weighted by molar-refractivity contribution is 5.94. The molecular formula is C32H40O3. The SMILES string of the molecule is CCCCCCOc1cc(-c2ccc3cc4c(cc3c2)C(C)(C)CCC4(C)C)ccc1C(=O)OC. The van der Waals surface area contributed by atoms with E-state index in [1.54, 1.807) is 0 Å². The summed E-state index contributed by atoms with van der Waals surface area (Å²) in [5, 5.41) is 2.53. The summed E-state index contributed by atoms with van der Waals surface area (Å²) in [5.41, 5.74) is 5.97. The summed E-state index contributed by atoms with van der Waals surface area (Å²) < 4.78 is 11.1. The maximum absolute atomic E-state index is 12.3. The molecule has 4 rings (SSSR count). The van der Waals surface area contributed by atoms with Crippen LogP contribution in [0, 0.1) is 0 Å². The molecule has 0 radical (unpaired) electrons. The number of fused-ring (bicyclic) bond motifs is 2. The average Bonchev–Trinajstić information content (AvgIpc) is 2.85. The van der Waals surface area contributed by atoms with Crippen molar-refractivity contribution in [2.45, 2.75) is 84.0 Å². The van der Waals surface area contributed by atoms with Gasteiger partial charge in [-0.25, -0.2) is 4.79 Å². The van der Waals surface area contributed by atoms with Crippen LogP contribution in [0.5, 0.6) is 5.75 Å². The third kappa shape index (κ3) is 5.24. The van der Waals surface area contributed by atoms with Gasteiger partial charge in [0.25, 0.3) is 0 Å². The Morgan fingerprint density at radius 3 is 2.09 bits per heavy atom. The standard InChI is InChI=1S/C32H40O3/c1-7-8-9-10-17-35-29-21-24(13-14-26(29)30(33)34-6)22-11-12-23-19-27-28(20-25(23)18-22)32(4,5)16-15-31(27,2)3/h11-14,18-21H,7-10,15-17H2,1-6H3. The largest absolute Gasteiger partial charge is 0.493 e. The number of hydrogen-bond acceptors (Lipinski definition) is 3. The Labute approximate surface area is 210 Å². The normalized spacial score (nSPS) is 16.1. The first-order chi connectivity index (χ1) is 16.7. The van der Waals surface area contributed by atoms with Gasteiger partial charge in [-0.3, -0.25) is 0 Å². The molecule has 35 heavy (non-hydrogen) atoms. The number of rotatable bonds is 8. The number of methoxy groups -OCH3 is 1. The van der Waals surface area contributed by atoms with E-state index in [1.165, 1.54) is 54.7 Å². The maximum Gasteiger partial charge on any atom is 0.341 e. The quantitative estimate of drug-likeness (QED) is 0.243. The van der Waals surface area contributed by atoms with E-state index < -0.39 is 0 Å². The van der Waals surface area contributed by atoms with Crippen LogP contribution in [0.4, 0.5) is 0 Å². The molecule has 0 heterocycles. The molecule has 0 aliphatic heterocycles. The molecule has 0 atom stereocenters. The molecule has 3 aromatic rings. The summed E-state index contributed by atoms with van der Waals surface area (Å²) in [6.45, 7) is 12.3. The van der Waals surface area contributed by atoms with Crippen molar-refractivity contribution in [3.8, 4) is 16.9 Å². The van der Waals surface area contributed by atoms with E-state index >= 15 is 0 Å². The molecule has 0 N–H and O–H groups in total. The van der Waals surface area contributed by atoms with Gasteiger partial charge < -0.3 is 9.47 Å². The fraction of sp³-hybridized carbons (Fsp3) is 0.469. The molecule has 186 valence electrons. The number of carbonyl (C=O) groups excluding carboxylic acids is 1. The summed E-state index contributed by atoms with van der Waals surface area (Å²) >= 11 is 0. The molecular weight excluding hydrogens is 432 g/mol. The van der Waals surface area contributed by atoms with Gasteiger partial charge in [0.15, 0.2) is 0 Å². The van der Waals surface area contributed by atoms with Gasteiger partial charge in [-0.2, -0.15) is 0 Å². The molecule has 0 aromatic heterocycles. The van der Waals surface area contributed by atoms with Crippen LogP contribution < -0.4 is 4.74 Å². The van der Waals surface area contributed by atoms with Gasteiger partial charge >= 0.3 is 5.97 Å². The zero-order valence-corrected chi connectivity index (χ0v) is 22.3. The van der Waals surface area contributed by atoms with E-state index in [0.717, 1.165) is 24.0 Å². The van der Waals surface area contributed by atoms with E-state index in [9.17, 15) is 4.79 Å². The van der Waals surface area contributed by atoms with Crippen molar-refractivity contribution >= 4 is 16.7 Å². The zero-order chi connectivity index (χ0) is 25.2. The van der Waals surface area contributed by atoms with Gasteiger partial charge in [-0.15, -0.1) is 0 Å². The first-order valence-electron chi connectivity index (χ1n) is 13.1. The highest BCUT2D eigenvalue weighted by atomic mass is 16.5. The van der Waals surface area contributed by atoms with Gasteiger partial charge in [0.1, 0.15) is 11.3 Å². The van der Waals surface area contributed by atoms with E-state index in [-0.39, 0.29) is 16.8 Å². The van der Waals surface area contributed by atoms with Gasteiger partial charge in [0.2, 0.25) is 0 Å². The van der Waals surface area contributed by atoms with Crippen LogP contribution in [0.3, 0.4) is 0 Å². The van der Waals surface area contributed by atoms with Crippen LogP contribution in [0.25, 0.3) is 21.9 Å². The summed E-state index contributed by atoms with van der Waals surface area (Å²) in [4.78, 5) is 12.3. The first kappa shape index (κ1) is 25.3. The molecule has 0 saturated carbocycles. The number of unbranched alkanes of at least 4 members (excludes halogenated alkanes) is 3. The van der Waals surface area contributed by atoms with Crippen LogP contribution in [-0.2, 0) is 15.6 Å². The second kappa shape index (κ2) is 10.0. The van der Waals surface area contributed by atoms with Gasteiger partial charge in [0.05, 0.1) is 13.7 Å². The zero-order valence-electron chi connectivity index (χ0n) is 22.3. The number of esters is 1. The number of benzene rings is 3. The van der Waals surface area contributed by atoms with Crippen molar-refractivity contribution < 1.29 is 14.3 Å². The summed E-state index contributed by atoms with van der Waals surface area (Å²) in [7, 11) is 1.41. The Kier molecular flexibility index (Phi) is 7.26. The predicted molar refractivity (Wildman–Crippen MR) is 146 cm³/mol. The van der Waals surface area contributed by atoms with Crippen molar-refractivity contribution in [3.05, 3.63) is 65.2 Å². The minimum Gasteiger partial charge on any atom is -0.493 e. The average molecular weight is 473 g/mol. The lowest BCUT2D eigenvalue weighted by atomic mass is 9.63. The van der Waals surface area contributed by atoms with Crippen LogP contribution >= 0.6 is 0 Å². The summed E-state index contributed by atoms with van der Waals surface area (Å²) in [6.07, 6.45) is 6.90. The molecule has 0 saturated heterocycles. The number of carbonyl (C=O) groups is 1. The molecule has 0 amide bonds. The molecule has 3 heteroatoms. The molecule has 3 aromatic carbocycles. The minimum absolute atomic E-state index is 0.177. The Balaban J connectivity index is 1.71. The van der Waals surface area contributed by atoms with Crippen LogP contribution in [0.2, 0.25) is 0 Å². The third-order valence-electron chi connectivity index (χ3n) is 7.79. The molecule has 0 spiro atoms. The van der Waals surface area contributed by atoms with Crippen molar-refractivity contribution in [2.75, 3.05) is 13.7 Å². The number of hydrogen-bond donors (Lipinski definition) is 0. The van der Waals surface area contributed by atoms with Crippen molar-refractivity contribution in [1.82, 2.24) is 0 Å². The lowest BCUT2D eigenvalue weighted by Gasteiger charge is -2.42. The second-order valence-corrected chi connectivity index (χ2v) is 11.3. The maximum atomic E-state index is 12.3. The molecule has 0 fully saturated rings. The fourth-order valence-electron chi connectivity index (χ4n) is 5.30. The lowest BCUT2D eigenvalue weighted by Crippen LogP contribution is -2.33. The molecule has 0 unspecified atom stereocenters. The topological polar surface area (TPSA) is 35.5 Å². The first-order valence-corrected chi connectivity index (χ1v) is 13.1. The van der Waals surface area contributed by atoms with Gasteiger partial charge in [-0.05, 0) is 81.3 Å². The summed E-state index contributed by atoms with van der Waals surface area (Å²) in [5.74, 6) is 0.231. The molecule has 3 nitrogen and oxygen atoms in total. The van der Waals surface area contributed by atoms with Crippen LogP contribution in [-0.4, -0.2) is 19.7 Å². The van der Waals surface area contributed by atoms with Crippen molar-refractivity contribution in [1.29, 1.82) is 0 Å². The van der Waals surface area contributed by atoms with E-state index in [1.807, 2.05) is 18.2 Å². The van der Waals surface area contributed by atoms with Crippen molar-refractivity contribution in [3.63, 3.8) is 0 Å². The van der Waals surface area contributed by atoms with E-state index in [4.69, 9.17) is 9.47 Å². The highest BCUT2D eigenvalue weighted by Gasteiger charge is 2.37. The highest BCUT2D eigenvalue weighted by Crippen LogP contribution is 2.47. The Bertz CT molecular complexity index is 1220. The van der Waals surface area contributed by atoms with E-state index in [0.29, 0.717) is 17.9 Å². The summed E-state index contributed by atoms with van der Waals surface area (Å²) in [6, 6.07) is 17.3.